The molecule has 0 radical (unpaired) electrons. The zero-order valence-electron chi connectivity index (χ0n) is 25.5. The first kappa shape index (κ1) is 38.2. The first-order valence-corrected chi connectivity index (χ1v) is 16.5. The normalized spacial score (nSPS) is 11.5. The maximum Gasteiger partial charge on any atom is 0.329 e. The molecule has 0 bridgehead atoms. The summed E-state index contributed by atoms with van der Waals surface area (Å²) in [6.07, 6.45) is 0.0305. The number of carbonyl (C=O) groups excluding carboxylic acids is 2. The van der Waals surface area contributed by atoms with Gasteiger partial charge in [0.25, 0.3) is 5.69 Å². The lowest BCUT2D eigenvalue weighted by molar-refractivity contribution is -0.385. The van der Waals surface area contributed by atoms with Crippen LogP contribution in [0, 0.1) is 10.1 Å². The molecule has 0 aliphatic rings. The van der Waals surface area contributed by atoms with Gasteiger partial charge < -0.3 is 38.5 Å². The Hall–Kier alpha value is -2.95. The number of esters is 1. The minimum absolute atomic E-state index is 0.0305. The molecule has 0 aliphatic heterocycles. The molecule has 1 unspecified atom stereocenters. The van der Waals surface area contributed by atoms with Gasteiger partial charge in [0.05, 0.1) is 78.1 Å². The number of hydrogen-bond donors (Lipinski definition) is 1. The van der Waals surface area contributed by atoms with Crippen LogP contribution >= 0.6 is 27.7 Å². The van der Waals surface area contributed by atoms with Gasteiger partial charge in [0, 0.05) is 28.8 Å². The van der Waals surface area contributed by atoms with Gasteiger partial charge in [-0.3, -0.25) is 14.9 Å². The Morgan fingerprint density at radius 2 is 1.53 bits per heavy atom. The Morgan fingerprint density at radius 3 is 2.11 bits per heavy atom. The summed E-state index contributed by atoms with van der Waals surface area (Å²) < 4.78 is 37.6. The Kier molecular flexibility index (Phi) is 19.9. The molecule has 0 saturated heterocycles. The topological polar surface area (TPSA) is 154 Å². The van der Waals surface area contributed by atoms with Crippen LogP contribution in [-0.4, -0.2) is 101 Å². The number of halogens is 1. The third-order valence-electron chi connectivity index (χ3n) is 5.97. The van der Waals surface area contributed by atoms with Crippen molar-refractivity contribution in [2.75, 3.05) is 78.2 Å². The van der Waals surface area contributed by atoms with E-state index in [0.717, 1.165) is 10.9 Å². The fourth-order valence-electron chi connectivity index (χ4n) is 3.73. The number of alkyl halides is 1. The van der Waals surface area contributed by atoms with Crippen molar-refractivity contribution in [3.8, 4) is 11.5 Å². The van der Waals surface area contributed by atoms with Gasteiger partial charge in [-0.25, -0.2) is 4.79 Å². The number of carbonyl (C=O) groups is 2. The molecule has 2 aromatic carbocycles. The fraction of sp³-hybridized carbons (Fsp3) is 0.533. The number of ether oxygens (including phenoxy) is 7. The third kappa shape index (κ3) is 15.7. The van der Waals surface area contributed by atoms with Crippen LogP contribution in [0.15, 0.2) is 42.5 Å². The second kappa shape index (κ2) is 23.4. The van der Waals surface area contributed by atoms with E-state index in [1.807, 2.05) is 30.3 Å². The van der Waals surface area contributed by atoms with Gasteiger partial charge in [-0.15, -0.1) is 0 Å². The van der Waals surface area contributed by atoms with E-state index >= 15 is 0 Å². The van der Waals surface area contributed by atoms with Crippen molar-refractivity contribution in [1.29, 1.82) is 0 Å². The maximum atomic E-state index is 12.4. The summed E-state index contributed by atoms with van der Waals surface area (Å²) in [5.41, 5.74) is 1.14. The predicted molar refractivity (Wildman–Crippen MR) is 172 cm³/mol. The van der Waals surface area contributed by atoms with Crippen LogP contribution in [0.3, 0.4) is 0 Å². The summed E-state index contributed by atoms with van der Waals surface area (Å²) in [5.74, 6) is -0.131. The highest BCUT2D eigenvalue weighted by Gasteiger charge is 2.24. The molecular formula is C30H41BrN2O11S. The quantitative estimate of drug-likeness (QED) is 0.0521. The molecule has 1 amide bonds. The van der Waals surface area contributed by atoms with Crippen LogP contribution in [0.5, 0.6) is 11.5 Å². The van der Waals surface area contributed by atoms with E-state index in [2.05, 4.69) is 21.2 Å². The van der Waals surface area contributed by atoms with Gasteiger partial charge in [-0.05, 0) is 11.6 Å². The molecule has 13 nitrogen and oxygen atoms in total. The average molecular weight is 718 g/mol. The summed E-state index contributed by atoms with van der Waals surface area (Å²) in [4.78, 5) is 36.1. The zero-order chi connectivity index (χ0) is 32.7. The van der Waals surface area contributed by atoms with Crippen molar-refractivity contribution in [1.82, 2.24) is 5.32 Å². The van der Waals surface area contributed by atoms with Crippen molar-refractivity contribution < 1.29 is 47.7 Å². The van der Waals surface area contributed by atoms with Gasteiger partial charge in [0.1, 0.15) is 12.6 Å². The molecule has 15 heteroatoms. The van der Waals surface area contributed by atoms with E-state index in [1.54, 1.807) is 6.07 Å². The second-order valence-electron chi connectivity index (χ2n) is 9.21. The number of methoxy groups -OCH3 is 2. The molecule has 0 saturated carbocycles. The number of nitrogens with one attached hydrogen (secondary N) is 1. The van der Waals surface area contributed by atoms with Gasteiger partial charge in [0.15, 0.2) is 11.5 Å². The van der Waals surface area contributed by atoms with Gasteiger partial charge in [-0.1, -0.05) is 46.3 Å². The molecule has 2 aromatic rings. The minimum atomic E-state index is -0.949. The standard InChI is InChI=1S/C30H41BrN2O11S/c1-38-27-18-24(26(33(36)37)19-28(27)44-20-23-6-4-3-5-7-23)21-45-22-25(30(35)39-2)32-29(34)8-10-40-12-14-42-16-17-43-15-13-41-11-9-31/h3-7,18-19,25H,8-17,20-22H2,1-2H3,(H,32,34). The van der Waals surface area contributed by atoms with E-state index in [4.69, 9.17) is 33.2 Å². The third-order valence-corrected chi connectivity index (χ3v) is 7.38. The van der Waals surface area contributed by atoms with Crippen molar-refractivity contribution in [3.63, 3.8) is 0 Å². The van der Waals surface area contributed by atoms with E-state index in [1.165, 1.54) is 32.0 Å². The summed E-state index contributed by atoms with van der Waals surface area (Å²) in [6.45, 7) is 3.55. The van der Waals surface area contributed by atoms with Gasteiger partial charge in [-0.2, -0.15) is 11.8 Å². The maximum absolute atomic E-state index is 12.4. The second-order valence-corrected chi connectivity index (χ2v) is 11.0. The number of thioether (sulfide) groups is 1. The SMILES string of the molecule is COC(=O)C(CSCc1cc(OC)c(OCc2ccccc2)cc1[N+](=O)[O-])NC(=O)CCOCCOCCOCCOCCBr. The zero-order valence-corrected chi connectivity index (χ0v) is 27.9. The molecule has 0 aliphatic carbocycles. The summed E-state index contributed by atoms with van der Waals surface area (Å²) in [7, 11) is 2.68. The molecule has 45 heavy (non-hydrogen) atoms. The average Bonchev–Trinajstić information content (AvgIpc) is 3.05. The number of hydrogen-bond acceptors (Lipinski definition) is 12. The van der Waals surface area contributed by atoms with Gasteiger partial charge in [0.2, 0.25) is 5.91 Å². The molecule has 2 rings (SSSR count). The largest absolute Gasteiger partial charge is 0.493 e. The fourth-order valence-corrected chi connectivity index (χ4v) is 4.98. The van der Waals surface area contributed by atoms with Crippen molar-refractivity contribution >= 4 is 45.3 Å². The van der Waals surface area contributed by atoms with Crippen molar-refractivity contribution in [3.05, 3.63) is 63.7 Å². The Morgan fingerprint density at radius 1 is 0.911 bits per heavy atom. The highest BCUT2D eigenvalue weighted by Crippen LogP contribution is 2.37. The Balaban J connectivity index is 1.77. The molecule has 250 valence electrons. The predicted octanol–water partition coefficient (Wildman–Crippen LogP) is 3.92. The first-order valence-electron chi connectivity index (χ1n) is 14.2. The monoisotopic (exact) mass is 716 g/mol. The van der Waals surface area contributed by atoms with Crippen LogP contribution in [0.1, 0.15) is 17.5 Å². The number of nitrogens with zero attached hydrogens (tertiary/aromatic N) is 1. The minimum Gasteiger partial charge on any atom is -0.493 e. The molecule has 1 atom stereocenters. The van der Waals surface area contributed by atoms with Crippen LogP contribution in [0.4, 0.5) is 5.69 Å². The Bertz CT molecular complexity index is 1160. The lowest BCUT2D eigenvalue weighted by Gasteiger charge is -2.17. The molecule has 0 aromatic heterocycles. The lowest BCUT2D eigenvalue weighted by atomic mass is 10.1. The van der Waals surface area contributed by atoms with E-state index in [-0.39, 0.29) is 42.6 Å². The Labute approximate surface area is 275 Å². The van der Waals surface area contributed by atoms with E-state index in [0.29, 0.717) is 57.6 Å². The van der Waals surface area contributed by atoms with Crippen molar-refractivity contribution in [2.24, 2.45) is 0 Å². The number of amides is 1. The summed E-state index contributed by atoms with van der Waals surface area (Å²) in [6, 6.07) is 11.3. The molecule has 0 fully saturated rings. The molecule has 0 heterocycles. The smallest absolute Gasteiger partial charge is 0.329 e. The molecule has 1 N–H and O–H groups in total. The highest BCUT2D eigenvalue weighted by molar-refractivity contribution is 9.09. The number of nitro groups is 1. The lowest BCUT2D eigenvalue weighted by Crippen LogP contribution is -2.43. The number of benzene rings is 2. The number of rotatable bonds is 25. The molecule has 0 spiro atoms. The van der Waals surface area contributed by atoms with Gasteiger partial charge >= 0.3 is 5.97 Å². The molecular weight excluding hydrogens is 676 g/mol. The van der Waals surface area contributed by atoms with Crippen LogP contribution < -0.4 is 14.8 Å². The van der Waals surface area contributed by atoms with E-state index < -0.39 is 22.8 Å². The van der Waals surface area contributed by atoms with Crippen LogP contribution in [0.2, 0.25) is 0 Å². The van der Waals surface area contributed by atoms with Crippen molar-refractivity contribution in [2.45, 2.75) is 24.8 Å². The first-order chi connectivity index (χ1) is 21.9. The summed E-state index contributed by atoms with van der Waals surface area (Å²) >= 11 is 4.51. The number of nitro benzene ring substituents is 1. The van der Waals surface area contributed by atoms with E-state index in [9.17, 15) is 19.7 Å². The summed E-state index contributed by atoms with van der Waals surface area (Å²) in [5, 5.41) is 15.3. The van der Waals surface area contributed by atoms with Crippen LogP contribution in [0.25, 0.3) is 0 Å². The highest BCUT2D eigenvalue weighted by atomic mass is 79.9. The van der Waals surface area contributed by atoms with Crippen LogP contribution in [-0.2, 0) is 45.6 Å².